The number of hydrogen-bond donors (Lipinski definition) is 0. The molecule has 0 fully saturated rings. The smallest absolute Gasteiger partial charge is 0.205 e. The zero-order chi connectivity index (χ0) is 14.4. The van der Waals surface area contributed by atoms with Crippen molar-refractivity contribution >= 4 is 11.6 Å². The van der Waals surface area contributed by atoms with Gasteiger partial charge in [-0.3, -0.25) is 0 Å². The van der Waals surface area contributed by atoms with Crippen LogP contribution in [-0.4, -0.2) is 21.3 Å². The van der Waals surface area contributed by atoms with Gasteiger partial charge >= 0.3 is 0 Å². The van der Waals surface area contributed by atoms with Gasteiger partial charge in [0.25, 0.3) is 0 Å². The van der Waals surface area contributed by atoms with E-state index in [4.69, 9.17) is 25.8 Å². The Balaban J connectivity index is 3.38. The van der Waals surface area contributed by atoms with Crippen molar-refractivity contribution in [1.29, 1.82) is 0 Å². The molecule has 3 nitrogen and oxygen atoms in total. The summed E-state index contributed by atoms with van der Waals surface area (Å²) >= 11 is 6.22. The molecule has 1 aromatic rings. The first-order valence-corrected chi connectivity index (χ1v) is 6.36. The van der Waals surface area contributed by atoms with Gasteiger partial charge in [-0.05, 0) is 18.9 Å². The Labute approximate surface area is 119 Å². The molecule has 0 aromatic heterocycles. The van der Waals surface area contributed by atoms with Crippen molar-refractivity contribution in [2.24, 2.45) is 0 Å². The minimum atomic E-state index is 0.194. The molecule has 0 spiro atoms. The maximum atomic E-state index is 6.22. The monoisotopic (exact) mass is 282 g/mol. The average Bonchev–Trinajstić information content (AvgIpc) is 2.43. The lowest BCUT2D eigenvalue weighted by atomic mass is 9.96. The van der Waals surface area contributed by atoms with Gasteiger partial charge < -0.3 is 14.2 Å². The van der Waals surface area contributed by atoms with E-state index in [-0.39, 0.29) is 5.92 Å². The van der Waals surface area contributed by atoms with Gasteiger partial charge in [-0.15, -0.1) is 11.8 Å². The van der Waals surface area contributed by atoms with Crippen LogP contribution in [0.15, 0.2) is 6.07 Å². The molecular formula is C15H19ClO3. The highest BCUT2D eigenvalue weighted by Gasteiger charge is 2.22. The van der Waals surface area contributed by atoms with Crippen molar-refractivity contribution < 1.29 is 14.2 Å². The molecule has 0 aliphatic rings. The van der Waals surface area contributed by atoms with Crippen LogP contribution in [0.3, 0.4) is 0 Å². The van der Waals surface area contributed by atoms with Gasteiger partial charge in [0.15, 0.2) is 11.5 Å². The summed E-state index contributed by atoms with van der Waals surface area (Å²) in [7, 11) is 4.72. The molecule has 1 unspecified atom stereocenters. The Bertz CT molecular complexity index is 500. The van der Waals surface area contributed by atoms with E-state index >= 15 is 0 Å². The second-order valence-corrected chi connectivity index (χ2v) is 4.49. The molecule has 0 saturated heterocycles. The average molecular weight is 283 g/mol. The minimum Gasteiger partial charge on any atom is -0.492 e. The molecule has 1 rings (SSSR count). The number of rotatable bonds is 5. The highest BCUT2D eigenvalue weighted by molar-refractivity contribution is 6.32. The third-order valence-corrected chi connectivity index (χ3v) is 3.18. The molecule has 0 saturated carbocycles. The van der Waals surface area contributed by atoms with Crippen LogP contribution < -0.4 is 14.2 Å². The summed E-state index contributed by atoms with van der Waals surface area (Å²) in [5.74, 6) is 7.80. The van der Waals surface area contributed by atoms with E-state index in [0.717, 1.165) is 12.0 Å². The predicted octanol–water partition coefficient (Wildman–Crippen LogP) is 3.88. The molecule has 1 aromatic carbocycles. The fourth-order valence-electron chi connectivity index (χ4n) is 1.93. The first-order valence-electron chi connectivity index (χ1n) is 5.98. The first-order chi connectivity index (χ1) is 9.10. The normalized spacial score (nSPS) is 11.3. The highest BCUT2D eigenvalue weighted by Crippen LogP contribution is 2.47. The second kappa shape index (κ2) is 7.16. The largest absolute Gasteiger partial charge is 0.492 e. The van der Waals surface area contributed by atoms with Crippen molar-refractivity contribution in [3.05, 3.63) is 16.7 Å². The zero-order valence-electron chi connectivity index (χ0n) is 12.0. The number of methoxy groups -OCH3 is 3. The van der Waals surface area contributed by atoms with Crippen molar-refractivity contribution in [2.45, 2.75) is 26.2 Å². The zero-order valence-corrected chi connectivity index (χ0v) is 12.7. The van der Waals surface area contributed by atoms with Crippen LogP contribution in [0.25, 0.3) is 0 Å². The summed E-state index contributed by atoms with van der Waals surface area (Å²) in [5, 5.41) is 0.506. The van der Waals surface area contributed by atoms with E-state index in [0.29, 0.717) is 22.3 Å². The lowest BCUT2D eigenvalue weighted by molar-refractivity contribution is 0.321. The Hall–Kier alpha value is -1.53. The van der Waals surface area contributed by atoms with Crippen LogP contribution in [0.2, 0.25) is 5.02 Å². The van der Waals surface area contributed by atoms with Gasteiger partial charge in [0.2, 0.25) is 5.75 Å². The Morgan fingerprint density at radius 2 is 1.68 bits per heavy atom. The summed E-state index contributed by atoms with van der Waals surface area (Å²) in [6, 6.07) is 1.85. The molecule has 0 aliphatic carbocycles. The third-order valence-electron chi connectivity index (χ3n) is 2.90. The van der Waals surface area contributed by atoms with Crippen LogP contribution >= 0.6 is 11.6 Å². The van der Waals surface area contributed by atoms with E-state index in [2.05, 4.69) is 18.8 Å². The molecule has 0 aliphatic heterocycles. The van der Waals surface area contributed by atoms with E-state index in [1.54, 1.807) is 21.3 Å². The molecule has 4 heteroatoms. The van der Waals surface area contributed by atoms with Gasteiger partial charge in [-0.1, -0.05) is 18.5 Å². The quantitative estimate of drug-likeness (QED) is 0.767. The lowest BCUT2D eigenvalue weighted by Crippen LogP contribution is -2.02. The summed E-state index contributed by atoms with van der Waals surface area (Å²) < 4.78 is 16.1. The summed E-state index contributed by atoms with van der Waals surface area (Å²) in [6.07, 6.45) is 0.735. The molecule has 0 N–H and O–H groups in total. The Morgan fingerprint density at radius 1 is 1.11 bits per heavy atom. The molecule has 0 radical (unpaired) electrons. The van der Waals surface area contributed by atoms with Crippen molar-refractivity contribution in [1.82, 2.24) is 0 Å². The fraction of sp³-hybridized carbons (Fsp3) is 0.467. The van der Waals surface area contributed by atoms with Crippen molar-refractivity contribution in [3.8, 4) is 29.1 Å². The van der Waals surface area contributed by atoms with E-state index in [9.17, 15) is 0 Å². The summed E-state index contributed by atoms with van der Waals surface area (Å²) in [4.78, 5) is 0. The maximum absolute atomic E-state index is 6.22. The van der Waals surface area contributed by atoms with Gasteiger partial charge in [0, 0.05) is 12.0 Å². The molecule has 104 valence electrons. The van der Waals surface area contributed by atoms with E-state index < -0.39 is 0 Å². The number of benzene rings is 1. The molecule has 1 atom stereocenters. The maximum Gasteiger partial charge on any atom is 0.205 e. The van der Waals surface area contributed by atoms with Crippen LogP contribution in [0, 0.1) is 11.8 Å². The fourth-order valence-corrected chi connectivity index (χ4v) is 2.21. The van der Waals surface area contributed by atoms with Crippen LogP contribution in [-0.2, 0) is 0 Å². The van der Waals surface area contributed by atoms with Crippen LogP contribution in [0.5, 0.6) is 17.2 Å². The molecular weight excluding hydrogens is 264 g/mol. The predicted molar refractivity (Wildman–Crippen MR) is 77.6 cm³/mol. The number of ether oxygens (including phenoxy) is 3. The van der Waals surface area contributed by atoms with Gasteiger partial charge in [-0.2, -0.15) is 0 Å². The van der Waals surface area contributed by atoms with E-state index in [1.807, 2.05) is 13.0 Å². The Morgan fingerprint density at radius 3 is 2.16 bits per heavy atom. The van der Waals surface area contributed by atoms with E-state index in [1.165, 1.54) is 0 Å². The number of hydrogen-bond acceptors (Lipinski definition) is 3. The number of halogens is 1. The highest BCUT2D eigenvalue weighted by atomic mass is 35.5. The van der Waals surface area contributed by atoms with Crippen LogP contribution in [0.1, 0.15) is 31.7 Å². The third kappa shape index (κ3) is 3.27. The molecule has 0 amide bonds. The summed E-state index contributed by atoms with van der Waals surface area (Å²) in [5.41, 5.74) is 0.966. The van der Waals surface area contributed by atoms with Crippen LogP contribution in [0.4, 0.5) is 0 Å². The van der Waals surface area contributed by atoms with Crippen molar-refractivity contribution in [2.75, 3.05) is 21.3 Å². The second-order valence-electron chi connectivity index (χ2n) is 4.08. The Kier molecular flexibility index (Phi) is 5.85. The van der Waals surface area contributed by atoms with Gasteiger partial charge in [0.05, 0.1) is 26.4 Å². The standard InChI is InChI=1S/C15H19ClO3/c1-6-7-8-10(2)11-9-12(16)14(18-4)15(19-5)13(11)17-3/h9-10H,8H2,1-5H3. The molecule has 0 heterocycles. The topological polar surface area (TPSA) is 27.7 Å². The minimum absolute atomic E-state index is 0.194. The SMILES string of the molecule is CC#CCC(C)c1cc(Cl)c(OC)c(OC)c1OC. The lowest BCUT2D eigenvalue weighted by Gasteiger charge is -2.19. The summed E-state index contributed by atoms with van der Waals surface area (Å²) in [6.45, 7) is 3.90. The van der Waals surface area contributed by atoms with Gasteiger partial charge in [0.1, 0.15) is 0 Å². The molecule has 0 bridgehead atoms. The van der Waals surface area contributed by atoms with Crippen molar-refractivity contribution in [3.63, 3.8) is 0 Å². The first kappa shape index (κ1) is 15.5. The van der Waals surface area contributed by atoms with Gasteiger partial charge in [-0.25, -0.2) is 0 Å². The molecule has 19 heavy (non-hydrogen) atoms.